The van der Waals surface area contributed by atoms with Gasteiger partial charge in [-0.15, -0.1) is 0 Å². The molecule has 1 aromatic rings. The van der Waals surface area contributed by atoms with Gasteiger partial charge in [0, 0.05) is 24.9 Å². The number of rotatable bonds is 5. The second kappa shape index (κ2) is 6.75. The summed E-state index contributed by atoms with van der Waals surface area (Å²) in [6.45, 7) is 3.52. The number of carbonyl (C=O) groups excluding carboxylic acids is 1. The lowest BCUT2D eigenvalue weighted by molar-refractivity contribution is -0.131. The quantitative estimate of drug-likeness (QED) is 0.896. The van der Waals surface area contributed by atoms with Crippen LogP contribution in [0.5, 0.6) is 5.75 Å². The summed E-state index contributed by atoms with van der Waals surface area (Å²) in [5.74, 6) is 1.53. The van der Waals surface area contributed by atoms with E-state index in [9.17, 15) is 4.79 Å². The third-order valence-corrected chi connectivity index (χ3v) is 4.08. The second-order valence-electron chi connectivity index (χ2n) is 5.49. The molecule has 1 fully saturated rings. The first-order valence-electron chi connectivity index (χ1n) is 7.29. The highest BCUT2D eigenvalue weighted by atomic mass is 16.5. The van der Waals surface area contributed by atoms with Crippen LogP contribution >= 0.6 is 0 Å². The zero-order valence-corrected chi connectivity index (χ0v) is 12.3. The summed E-state index contributed by atoms with van der Waals surface area (Å²) < 4.78 is 5.18. The van der Waals surface area contributed by atoms with Crippen LogP contribution in [0.15, 0.2) is 24.3 Å². The average Bonchev–Trinajstić information content (AvgIpc) is 2.87. The van der Waals surface area contributed by atoms with Gasteiger partial charge >= 0.3 is 0 Å². The lowest BCUT2D eigenvalue weighted by atomic mass is 9.97. The molecule has 2 rings (SSSR count). The van der Waals surface area contributed by atoms with Gasteiger partial charge < -0.3 is 15.4 Å². The van der Waals surface area contributed by atoms with Crippen molar-refractivity contribution in [2.75, 3.05) is 20.2 Å². The van der Waals surface area contributed by atoms with Gasteiger partial charge in [0.2, 0.25) is 5.91 Å². The fourth-order valence-corrected chi connectivity index (χ4v) is 2.89. The summed E-state index contributed by atoms with van der Waals surface area (Å²) in [5.41, 5.74) is 6.76. The van der Waals surface area contributed by atoms with Gasteiger partial charge in [-0.2, -0.15) is 0 Å². The molecule has 4 heteroatoms. The van der Waals surface area contributed by atoms with E-state index in [1.807, 2.05) is 17.0 Å². The second-order valence-corrected chi connectivity index (χ2v) is 5.49. The maximum Gasteiger partial charge on any atom is 0.222 e. The highest BCUT2D eigenvalue weighted by Gasteiger charge is 2.32. The number of hydrogen-bond acceptors (Lipinski definition) is 3. The Kier molecular flexibility index (Phi) is 5.01. The summed E-state index contributed by atoms with van der Waals surface area (Å²) in [5, 5.41) is 0. The highest BCUT2D eigenvalue weighted by molar-refractivity contribution is 5.77. The molecule has 4 nitrogen and oxygen atoms in total. The summed E-state index contributed by atoms with van der Waals surface area (Å²) in [7, 11) is 1.67. The predicted molar refractivity (Wildman–Crippen MR) is 79.8 cm³/mol. The SMILES string of the molecule is COc1ccc([C@@H]2C[C@@H](C)N(C(=O)CCCN)C2)cc1. The van der Waals surface area contributed by atoms with Crippen molar-refractivity contribution in [3.8, 4) is 5.75 Å². The lowest BCUT2D eigenvalue weighted by Crippen LogP contribution is -2.34. The molecular weight excluding hydrogens is 252 g/mol. The van der Waals surface area contributed by atoms with E-state index >= 15 is 0 Å². The van der Waals surface area contributed by atoms with E-state index in [0.29, 0.717) is 24.9 Å². The van der Waals surface area contributed by atoms with Crippen LogP contribution in [0.2, 0.25) is 0 Å². The van der Waals surface area contributed by atoms with Gasteiger partial charge in [-0.1, -0.05) is 12.1 Å². The molecule has 1 amide bonds. The highest BCUT2D eigenvalue weighted by Crippen LogP contribution is 2.32. The average molecular weight is 276 g/mol. The molecule has 0 spiro atoms. The van der Waals surface area contributed by atoms with Crippen LogP contribution in [-0.2, 0) is 4.79 Å². The minimum Gasteiger partial charge on any atom is -0.497 e. The number of amides is 1. The molecule has 0 unspecified atom stereocenters. The molecule has 1 saturated heterocycles. The van der Waals surface area contributed by atoms with Crippen molar-refractivity contribution < 1.29 is 9.53 Å². The lowest BCUT2D eigenvalue weighted by Gasteiger charge is -2.21. The van der Waals surface area contributed by atoms with Gasteiger partial charge in [-0.05, 0) is 44.0 Å². The Labute approximate surface area is 120 Å². The maximum absolute atomic E-state index is 12.1. The van der Waals surface area contributed by atoms with E-state index < -0.39 is 0 Å². The van der Waals surface area contributed by atoms with Crippen LogP contribution in [0.25, 0.3) is 0 Å². The zero-order chi connectivity index (χ0) is 14.5. The van der Waals surface area contributed by atoms with Crippen LogP contribution in [0.1, 0.15) is 37.7 Å². The predicted octanol–water partition coefficient (Wildman–Crippen LogP) is 2.14. The third kappa shape index (κ3) is 3.31. The van der Waals surface area contributed by atoms with Crippen molar-refractivity contribution in [1.29, 1.82) is 0 Å². The van der Waals surface area contributed by atoms with E-state index in [4.69, 9.17) is 10.5 Å². The number of hydrogen-bond donors (Lipinski definition) is 1. The smallest absolute Gasteiger partial charge is 0.222 e. The molecule has 0 saturated carbocycles. The number of methoxy groups -OCH3 is 1. The Bertz CT molecular complexity index is 444. The number of nitrogens with zero attached hydrogens (tertiary/aromatic N) is 1. The molecule has 1 aliphatic rings. The van der Waals surface area contributed by atoms with Gasteiger partial charge in [0.25, 0.3) is 0 Å². The topological polar surface area (TPSA) is 55.6 Å². The minimum atomic E-state index is 0.235. The van der Waals surface area contributed by atoms with Crippen molar-refractivity contribution in [2.45, 2.75) is 38.1 Å². The van der Waals surface area contributed by atoms with Gasteiger partial charge in [0.05, 0.1) is 7.11 Å². The van der Waals surface area contributed by atoms with Gasteiger partial charge in [-0.3, -0.25) is 4.79 Å². The molecule has 1 heterocycles. The number of benzene rings is 1. The van der Waals surface area contributed by atoms with Crippen LogP contribution in [0.4, 0.5) is 0 Å². The summed E-state index contributed by atoms with van der Waals surface area (Å²) >= 11 is 0. The Morgan fingerprint density at radius 3 is 2.70 bits per heavy atom. The van der Waals surface area contributed by atoms with Crippen molar-refractivity contribution in [2.24, 2.45) is 5.73 Å². The van der Waals surface area contributed by atoms with Crippen molar-refractivity contribution >= 4 is 5.91 Å². The van der Waals surface area contributed by atoms with Crippen LogP contribution in [-0.4, -0.2) is 37.0 Å². The van der Waals surface area contributed by atoms with Gasteiger partial charge in [0.1, 0.15) is 5.75 Å². The van der Waals surface area contributed by atoms with E-state index in [-0.39, 0.29) is 5.91 Å². The van der Waals surface area contributed by atoms with Gasteiger partial charge in [-0.25, -0.2) is 0 Å². The normalized spacial score (nSPS) is 22.1. The Morgan fingerprint density at radius 2 is 2.10 bits per heavy atom. The van der Waals surface area contributed by atoms with Crippen molar-refractivity contribution in [3.63, 3.8) is 0 Å². The molecular formula is C16H24N2O2. The Balaban J connectivity index is 2.00. The van der Waals surface area contributed by atoms with Gasteiger partial charge in [0.15, 0.2) is 0 Å². The summed E-state index contributed by atoms with van der Waals surface area (Å²) in [6.07, 6.45) is 2.37. The number of carbonyl (C=O) groups is 1. The Morgan fingerprint density at radius 1 is 1.40 bits per heavy atom. The van der Waals surface area contributed by atoms with Crippen molar-refractivity contribution in [3.05, 3.63) is 29.8 Å². The van der Waals surface area contributed by atoms with Crippen LogP contribution in [0.3, 0.4) is 0 Å². The number of ether oxygens (including phenoxy) is 1. The first-order valence-corrected chi connectivity index (χ1v) is 7.29. The Hall–Kier alpha value is -1.55. The molecule has 0 bridgehead atoms. The molecule has 0 radical (unpaired) electrons. The van der Waals surface area contributed by atoms with E-state index in [1.165, 1.54) is 5.56 Å². The zero-order valence-electron chi connectivity index (χ0n) is 12.3. The monoisotopic (exact) mass is 276 g/mol. The summed E-state index contributed by atoms with van der Waals surface area (Å²) in [4.78, 5) is 14.1. The first kappa shape index (κ1) is 14.9. The molecule has 0 aromatic heterocycles. The molecule has 1 aromatic carbocycles. The standard InChI is InChI=1S/C16H24N2O2/c1-12-10-14(11-18(12)16(19)4-3-9-17)13-5-7-15(20-2)8-6-13/h5-8,12,14H,3-4,9-11,17H2,1-2H3/t12-,14-/m1/s1. The molecule has 0 aliphatic carbocycles. The van der Waals surface area contributed by atoms with E-state index in [2.05, 4.69) is 19.1 Å². The fourth-order valence-electron chi connectivity index (χ4n) is 2.89. The molecule has 20 heavy (non-hydrogen) atoms. The maximum atomic E-state index is 12.1. The largest absolute Gasteiger partial charge is 0.497 e. The van der Waals surface area contributed by atoms with Crippen LogP contribution < -0.4 is 10.5 Å². The molecule has 110 valence electrons. The third-order valence-electron chi connectivity index (χ3n) is 4.08. The van der Waals surface area contributed by atoms with Crippen molar-refractivity contribution in [1.82, 2.24) is 4.90 Å². The minimum absolute atomic E-state index is 0.235. The molecule has 2 N–H and O–H groups in total. The molecule has 2 atom stereocenters. The number of likely N-dealkylation sites (tertiary alicyclic amines) is 1. The molecule has 1 aliphatic heterocycles. The summed E-state index contributed by atoms with van der Waals surface area (Å²) in [6, 6.07) is 8.48. The van der Waals surface area contributed by atoms with E-state index in [0.717, 1.165) is 25.1 Å². The first-order chi connectivity index (χ1) is 9.65. The fraction of sp³-hybridized carbons (Fsp3) is 0.562. The van der Waals surface area contributed by atoms with Crippen LogP contribution in [0, 0.1) is 0 Å². The number of nitrogens with two attached hydrogens (primary N) is 1. The van der Waals surface area contributed by atoms with E-state index in [1.54, 1.807) is 7.11 Å².